The van der Waals surface area contributed by atoms with Crippen LogP contribution < -0.4 is 5.32 Å². The SMILES string of the molecule is COCCNC(=O)c1ccc(F)c([N+](=O)[O-])c1. The molecule has 1 rings (SSSR count). The Hall–Kier alpha value is -2.02. The van der Waals surface area contributed by atoms with Crippen molar-refractivity contribution in [3.05, 3.63) is 39.7 Å². The van der Waals surface area contributed by atoms with Crippen molar-refractivity contribution < 1.29 is 18.8 Å². The molecule has 0 heterocycles. The molecule has 0 aliphatic rings. The lowest BCUT2D eigenvalue weighted by atomic mass is 10.2. The summed E-state index contributed by atoms with van der Waals surface area (Å²) in [6, 6.07) is 2.98. The number of ether oxygens (including phenoxy) is 1. The molecule has 0 fully saturated rings. The van der Waals surface area contributed by atoms with E-state index in [4.69, 9.17) is 4.74 Å². The first-order chi connectivity index (χ1) is 8.06. The monoisotopic (exact) mass is 242 g/mol. The van der Waals surface area contributed by atoms with E-state index < -0.39 is 22.3 Å². The Morgan fingerprint density at radius 1 is 1.59 bits per heavy atom. The molecule has 0 aliphatic carbocycles. The fourth-order valence-corrected chi connectivity index (χ4v) is 1.16. The number of halogens is 1. The first-order valence-corrected chi connectivity index (χ1v) is 4.77. The summed E-state index contributed by atoms with van der Waals surface area (Å²) in [6.45, 7) is 0.607. The number of nitro groups is 1. The van der Waals surface area contributed by atoms with Gasteiger partial charge in [0.2, 0.25) is 5.82 Å². The molecule has 6 nitrogen and oxygen atoms in total. The molecule has 0 spiro atoms. The van der Waals surface area contributed by atoms with Gasteiger partial charge < -0.3 is 10.1 Å². The van der Waals surface area contributed by atoms with Crippen molar-refractivity contribution in [1.29, 1.82) is 0 Å². The molecule has 0 aliphatic heterocycles. The van der Waals surface area contributed by atoms with Crippen molar-refractivity contribution in [2.24, 2.45) is 0 Å². The van der Waals surface area contributed by atoms with E-state index in [1.807, 2.05) is 0 Å². The molecule has 0 radical (unpaired) electrons. The van der Waals surface area contributed by atoms with E-state index in [9.17, 15) is 19.3 Å². The van der Waals surface area contributed by atoms with E-state index in [0.717, 1.165) is 12.1 Å². The van der Waals surface area contributed by atoms with Crippen LogP contribution in [0, 0.1) is 15.9 Å². The van der Waals surface area contributed by atoms with Crippen molar-refractivity contribution in [1.82, 2.24) is 5.32 Å². The van der Waals surface area contributed by atoms with Gasteiger partial charge in [0.15, 0.2) is 0 Å². The lowest BCUT2D eigenvalue weighted by Gasteiger charge is -2.04. The van der Waals surface area contributed by atoms with E-state index in [-0.39, 0.29) is 12.1 Å². The standard InChI is InChI=1S/C10H11FN2O4/c1-17-5-4-12-10(14)7-2-3-8(11)9(6-7)13(15)16/h2-3,6H,4-5H2,1H3,(H,12,14). The third-order valence-electron chi connectivity index (χ3n) is 2.00. The summed E-state index contributed by atoms with van der Waals surface area (Å²) in [5.41, 5.74) is -0.682. The van der Waals surface area contributed by atoms with Gasteiger partial charge >= 0.3 is 5.69 Å². The molecule has 0 saturated heterocycles. The fourth-order valence-electron chi connectivity index (χ4n) is 1.16. The number of methoxy groups -OCH3 is 1. The lowest BCUT2D eigenvalue weighted by molar-refractivity contribution is -0.387. The second-order valence-electron chi connectivity index (χ2n) is 3.17. The smallest absolute Gasteiger partial charge is 0.305 e. The summed E-state index contributed by atoms with van der Waals surface area (Å²) in [5, 5.41) is 12.9. The Kier molecular flexibility index (Phi) is 4.53. The summed E-state index contributed by atoms with van der Waals surface area (Å²) in [7, 11) is 1.48. The quantitative estimate of drug-likeness (QED) is 0.476. The van der Waals surface area contributed by atoms with Crippen LogP contribution in [0.3, 0.4) is 0 Å². The number of amides is 1. The van der Waals surface area contributed by atoms with Gasteiger partial charge in [-0.1, -0.05) is 0 Å². The third-order valence-corrected chi connectivity index (χ3v) is 2.00. The zero-order valence-electron chi connectivity index (χ0n) is 9.10. The zero-order valence-corrected chi connectivity index (χ0v) is 9.10. The molecule has 0 unspecified atom stereocenters. The van der Waals surface area contributed by atoms with Gasteiger partial charge in [-0.25, -0.2) is 0 Å². The predicted molar refractivity (Wildman–Crippen MR) is 57.3 cm³/mol. The number of hydrogen-bond donors (Lipinski definition) is 1. The maximum absolute atomic E-state index is 13.0. The summed E-state index contributed by atoms with van der Waals surface area (Å²) in [5.74, 6) is -1.48. The predicted octanol–water partition coefficient (Wildman–Crippen LogP) is 1.11. The molecule has 1 amide bonds. The largest absolute Gasteiger partial charge is 0.383 e. The minimum Gasteiger partial charge on any atom is -0.383 e. The van der Waals surface area contributed by atoms with E-state index in [1.54, 1.807) is 0 Å². The van der Waals surface area contributed by atoms with Gasteiger partial charge in [-0.3, -0.25) is 14.9 Å². The van der Waals surface area contributed by atoms with E-state index in [0.29, 0.717) is 6.61 Å². The molecule has 0 aromatic heterocycles. The first-order valence-electron chi connectivity index (χ1n) is 4.77. The number of carbonyl (C=O) groups is 1. The highest BCUT2D eigenvalue weighted by atomic mass is 19.1. The van der Waals surface area contributed by atoms with E-state index in [1.165, 1.54) is 13.2 Å². The molecule has 0 atom stereocenters. The van der Waals surface area contributed by atoms with Crippen LogP contribution in [0.25, 0.3) is 0 Å². The van der Waals surface area contributed by atoms with Crippen LogP contribution >= 0.6 is 0 Å². The third kappa shape index (κ3) is 3.49. The first kappa shape index (κ1) is 13.0. The molecular formula is C10H11FN2O4. The molecule has 17 heavy (non-hydrogen) atoms. The van der Waals surface area contributed by atoms with Gasteiger partial charge in [0.25, 0.3) is 5.91 Å². The van der Waals surface area contributed by atoms with Gasteiger partial charge in [-0.05, 0) is 12.1 Å². The fraction of sp³-hybridized carbons (Fsp3) is 0.300. The molecule has 0 saturated carbocycles. The summed E-state index contributed by atoms with van der Waals surface area (Å²) < 4.78 is 17.7. The molecule has 7 heteroatoms. The van der Waals surface area contributed by atoms with Crippen LogP contribution in [0.2, 0.25) is 0 Å². The summed E-state index contributed by atoms with van der Waals surface area (Å²) >= 11 is 0. The number of nitrogens with one attached hydrogen (secondary N) is 1. The number of carbonyl (C=O) groups excluding carboxylic acids is 1. The normalized spacial score (nSPS) is 10.0. The topological polar surface area (TPSA) is 81.5 Å². The Morgan fingerprint density at radius 3 is 2.88 bits per heavy atom. The Bertz CT molecular complexity index is 436. The number of nitro benzene ring substituents is 1. The molecule has 0 bridgehead atoms. The van der Waals surface area contributed by atoms with Gasteiger partial charge in [-0.15, -0.1) is 0 Å². The van der Waals surface area contributed by atoms with Crippen molar-refractivity contribution >= 4 is 11.6 Å². The molecule has 1 aromatic rings. The summed E-state index contributed by atoms with van der Waals surface area (Å²) in [6.07, 6.45) is 0. The van der Waals surface area contributed by atoms with E-state index >= 15 is 0 Å². The Morgan fingerprint density at radius 2 is 2.29 bits per heavy atom. The highest BCUT2D eigenvalue weighted by Gasteiger charge is 2.17. The maximum Gasteiger partial charge on any atom is 0.305 e. The van der Waals surface area contributed by atoms with Crippen LogP contribution in [0.1, 0.15) is 10.4 Å². The molecule has 92 valence electrons. The van der Waals surface area contributed by atoms with Crippen molar-refractivity contribution in [3.63, 3.8) is 0 Å². The van der Waals surface area contributed by atoms with Crippen molar-refractivity contribution in [3.8, 4) is 0 Å². The maximum atomic E-state index is 13.0. The molecular weight excluding hydrogens is 231 g/mol. The van der Waals surface area contributed by atoms with Gasteiger partial charge in [-0.2, -0.15) is 4.39 Å². The molecule has 1 aromatic carbocycles. The van der Waals surface area contributed by atoms with Crippen LogP contribution in [-0.4, -0.2) is 31.1 Å². The van der Waals surface area contributed by atoms with E-state index in [2.05, 4.69) is 5.32 Å². The summed E-state index contributed by atoms with van der Waals surface area (Å²) in [4.78, 5) is 21.1. The molecule has 1 N–H and O–H groups in total. The highest BCUT2D eigenvalue weighted by Crippen LogP contribution is 2.18. The lowest BCUT2D eigenvalue weighted by Crippen LogP contribution is -2.27. The average Bonchev–Trinajstić information content (AvgIpc) is 2.29. The zero-order chi connectivity index (χ0) is 12.8. The minimum atomic E-state index is -0.969. The highest BCUT2D eigenvalue weighted by molar-refractivity contribution is 5.94. The number of benzene rings is 1. The van der Waals surface area contributed by atoms with Crippen LogP contribution in [-0.2, 0) is 4.74 Å². The number of nitrogens with zero attached hydrogens (tertiary/aromatic N) is 1. The van der Waals surface area contributed by atoms with Crippen LogP contribution in [0.5, 0.6) is 0 Å². The van der Waals surface area contributed by atoms with Crippen molar-refractivity contribution in [2.75, 3.05) is 20.3 Å². The second kappa shape index (κ2) is 5.90. The Labute approximate surface area is 96.5 Å². The van der Waals surface area contributed by atoms with Crippen LogP contribution in [0.15, 0.2) is 18.2 Å². The van der Waals surface area contributed by atoms with Gasteiger partial charge in [0, 0.05) is 25.3 Å². The number of rotatable bonds is 5. The van der Waals surface area contributed by atoms with Crippen molar-refractivity contribution in [2.45, 2.75) is 0 Å². The number of hydrogen-bond acceptors (Lipinski definition) is 4. The minimum absolute atomic E-state index is 0.0363. The Balaban J connectivity index is 2.81. The second-order valence-corrected chi connectivity index (χ2v) is 3.17. The van der Waals surface area contributed by atoms with Gasteiger partial charge in [0.05, 0.1) is 11.5 Å². The average molecular weight is 242 g/mol. The van der Waals surface area contributed by atoms with Crippen LogP contribution in [0.4, 0.5) is 10.1 Å². The van der Waals surface area contributed by atoms with Gasteiger partial charge in [0.1, 0.15) is 0 Å².